The predicted molar refractivity (Wildman–Crippen MR) is 75.5 cm³/mol. The summed E-state index contributed by atoms with van der Waals surface area (Å²) in [5, 5.41) is 0.309. The number of methoxy groups -OCH3 is 1. The van der Waals surface area contributed by atoms with Crippen LogP contribution < -0.4 is 4.72 Å². The maximum absolute atomic E-state index is 11.8. The molecule has 1 aromatic rings. The highest BCUT2D eigenvalue weighted by Gasteiger charge is 2.17. The molecule has 0 heterocycles. The standard InChI is InChI=1S/C11H13Cl2NO4S/c1-18-11(15)9-7-8(13)3-4-10(9)14-19(16,17)6-2-5-12/h3-4,7,14H,2,5-6H2,1H3. The number of halogens is 2. The number of rotatable bonds is 6. The van der Waals surface area contributed by atoms with E-state index in [2.05, 4.69) is 9.46 Å². The summed E-state index contributed by atoms with van der Waals surface area (Å²) in [4.78, 5) is 11.5. The number of esters is 1. The van der Waals surface area contributed by atoms with Gasteiger partial charge in [-0.05, 0) is 24.6 Å². The first-order valence-electron chi connectivity index (χ1n) is 5.34. The number of hydrogen-bond acceptors (Lipinski definition) is 4. The van der Waals surface area contributed by atoms with Crippen molar-refractivity contribution in [2.24, 2.45) is 0 Å². The first-order chi connectivity index (χ1) is 8.89. The summed E-state index contributed by atoms with van der Waals surface area (Å²) in [5.74, 6) is -0.553. The Morgan fingerprint density at radius 1 is 1.42 bits per heavy atom. The average Bonchev–Trinajstić information content (AvgIpc) is 2.37. The Balaban J connectivity index is 3.04. The second-order valence-corrected chi connectivity index (χ2v) is 6.30. The predicted octanol–water partition coefficient (Wildman–Crippen LogP) is 2.50. The molecule has 0 amide bonds. The number of carbonyl (C=O) groups excluding carboxylic acids is 1. The zero-order valence-electron chi connectivity index (χ0n) is 10.2. The van der Waals surface area contributed by atoms with E-state index in [1.807, 2.05) is 0 Å². The van der Waals surface area contributed by atoms with Crippen LogP contribution >= 0.6 is 23.2 Å². The molecule has 1 rings (SSSR count). The fourth-order valence-electron chi connectivity index (χ4n) is 1.35. The van der Waals surface area contributed by atoms with Gasteiger partial charge in [-0.1, -0.05) is 11.6 Å². The smallest absolute Gasteiger partial charge is 0.340 e. The van der Waals surface area contributed by atoms with E-state index in [-0.39, 0.29) is 22.9 Å². The van der Waals surface area contributed by atoms with Crippen LogP contribution in [0.3, 0.4) is 0 Å². The Labute approximate surface area is 121 Å². The summed E-state index contributed by atoms with van der Waals surface area (Å²) in [5.41, 5.74) is 0.190. The van der Waals surface area contributed by atoms with Crippen molar-refractivity contribution in [3.63, 3.8) is 0 Å². The van der Waals surface area contributed by atoms with Gasteiger partial charge in [0.25, 0.3) is 0 Å². The molecule has 0 saturated carbocycles. The molecule has 0 fully saturated rings. The van der Waals surface area contributed by atoms with E-state index in [1.165, 1.54) is 25.3 Å². The quantitative estimate of drug-likeness (QED) is 0.644. The lowest BCUT2D eigenvalue weighted by atomic mass is 10.2. The highest BCUT2D eigenvalue weighted by Crippen LogP contribution is 2.22. The van der Waals surface area contributed by atoms with Gasteiger partial charge in [0.05, 0.1) is 24.1 Å². The highest BCUT2D eigenvalue weighted by molar-refractivity contribution is 7.92. The van der Waals surface area contributed by atoms with Crippen LogP contribution in [0, 0.1) is 0 Å². The molecule has 19 heavy (non-hydrogen) atoms. The van der Waals surface area contributed by atoms with Crippen LogP contribution in [0.4, 0.5) is 5.69 Å². The van der Waals surface area contributed by atoms with Gasteiger partial charge in [0.1, 0.15) is 0 Å². The van der Waals surface area contributed by atoms with Gasteiger partial charge >= 0.3 is 5.97 Å². The van der Waals surface area contributed by atoms with Crippen molar-refractivity contribution in [1.82, 2.24) is 0 Å². The Morgan fingerprint density at radius 2 is 2.11 bits per heavy atom. The third kappa shape index (κ3) is 4.89. The lowest BCUT2D eigenvalue weighted by Gasteiger charge is -2.11. The van der Waals surface area contributed by atoms with Crippen LogP contribution in [0.1, 0.15) is 16.8 Å². The largest absolute Gasteiger partial charge is 0.465 e. The first kappa shape index (κ1) is 16.1. The number of ether oxygens (including phenoxy) is 1. The van der Waals surface area contributed by atoms with Crippen LogP contribution in [0.2, 0.25) is 5.02 Å². The zero-order chi connectivity index (χ0) is 14.5. The Bertz CT molecular complexity index is 560. The molecular formula is C11H13Cl2NO4S. The van der Waals surface area contributed by atoms with E-state index in [1.54, 1.807) is 0 Å². The molecule has 0 aliphatic heterocycles. The van der Waals surface area contributed by atoms with Gasteiger partial charge in [-0.2, -0.15) is 0 Å². The molecule has 0 unspecified atom stereocenters. The van der Waals surface area contributed by atoms with Crippen molar-refractivity contribution >= 4 is 44.9 Å². The molecule has 5 nitrogen and oxygen atoms in total. The molecule has 0 spiro atoms. The van der Waals surface area contributed by atoms with E-state index in [9.17, 15) is 13.2 Å². The van der Waals surface area contributed by atoms with Gasteiger partial charge in [-0.25, -0.2) is 13.2 Å². The molecule has 1 N–H and O–H groups in total. The van der Waals surface area contributed by atoms with Crippen LogP contribution in [0.25, 0.3) is 0 Å². The Kier molecular flexibility index (Phi) is 5.90. The SMILES string of the molecule is COC(=O)c1cc(Cl)ccc1NS(=O)(=O)CCCCl. The van der Waals surface area contributed by atoms with Crippen LogP contribution in [-0.2, 0) is 14.8 Å². The molecule has 0 aromatic heterocycles. The van der Waals surface area contributed by atoms with E-state index in [0.29, 0.717) is 11.4 Å². The minimum atomic E-state index is -3.56. The molecule has 8 heteroatoms. The Morgan fingerprint density at radius 3 is 2.68 bits per heavy atom. The number of nitrogens with one attached hydrogen (secondary N) is 1. The summed E-state index contributed by atoms with van der Waals surface area (Å²) in [6.45, 7) is 0. The summed E-state index contributed by atoms with van der Waals surface area (Å²) < 4.78 is 30.4. The van der Waals surface area contributed by atoms with Gasteiger partial charge in [0, 0.05) is 10.9 Å². The summed E-state index contributed by atoms with van der Waals surface area (Å²) in [6, 6.07) is 4.23. The van der Waals surface area contributed by atoms with E-state index in [0.717, 1.165) is 0 Å². The molecule has 0 radical (unpaired) electrons. The maximum atomic E-state index is 11.8. The number of alkyl halides is 1. The maximum Gasteiger partial charge on any atom is 0.340 e. The normalized spacial score (nSPS) is 11.1. The van der Waals surface area contributed by atoms with Crippen molar-refractivity contribution < 1.29 is 17.9 Å². The van der Waals surface area contributed by atoms with Gasteiger partial charge in [0.2, 0.25) is 10.0 Å². The van der Waals surface area contributed by atoms with Crippen LogP contribution in [-0.4, -0.2) is 33.1 Å². The molecule has 1 aromatic carbocycles. The molecule has 0 aliphatic rings. The molecule has 0 atom stereocenters. The summed E-state index contributed by atoms with van der Waals surface area (Å²) in [7, 11) is -2.36. The summed E-state index contributed by atoms with van der Waals surface area (Å²) in [6.07, 6.45) is 0.317. The monoisotopic (exact) mass is 325 g/mol. The molecule has 106 valence electrons. The van der Waals surface area contributed by atoms with E-state index in [4.69, 9.17) is 23.2 Å². The second kappa shape index (κ2) is 6.98. The minimum Gasteiger partial charge on any atom is -0.465 e. The highest BCUT2D eigenvalue weighted by atomic mass is 35.5. The van der Waals surface area contributed by atoms with Crippen LogP contribution in [0.15, 0.2) is 18.2 Å². The molecule has 0 aliphatic carbocycles. The lowest BCUT2D eigenvalue weighted by Crippen LogP contribution is -2.19. The van der Waals surface area contributed by atoms with Crippen molar-refractivity contribution in [2.75, 3.05) is 23.5 Å². The topological polar surface area (TPSA) is 72.5 Å². The fraction of sp³-hybridized carbons (Fsp3) is 0.364. The van der Waals surface area contributed by atoms with Crippen molar-refractivity contribution in [3.05, 3.63) is 28.8 Å². The van der Waals surface area contributed by atoms with Crippen molar-refractivity contribution in [1.29, 1.82) is 0 Å². The zero-order valence-corrected chi connectivity index (χ0v) is 12.5. The van der Waals surface area contributed by atoms with Gasteiger partial charge in [-0.15, -0.1) is 11.6 Å². The minimum absolute atomic E-state index is 0.0597. The van der Waals surface area contributed by atoms with E-state index >= 15 is 0 Å². The van der Waals surface area contributed by atoms with Crippen LogP contribution in [0.5, 0.6) is 0 Å². The number of sulfonamides is 1. The Hall–Kier alpha value is -0.980. The van der Waals surface area contributed by atoms with Crippen molar-refractivity contribution in [3.8, 4) is 0 Å². The summed E-state index contributed by atoms with van der Waals surface area (Å²) >= 11 is 11.2. The van der Waals surface area contributed by atoms with Gasteiger partial charge in [0.15, 0.2) is 0 Å². The molecule has 0 saturated heterocycles. The second-order valence-electron chi connectivity index (χ2n) is 3.64. The lowest BCUT2D eigenvalue weighted by molar-refractivity contribution is 0.0602. The number of anilines is 1. The number of carbonyl (C=O) groups is 1. The third-order valence-electron chi connectivity index (χ3n) is 2.20. The number of hydrogen-bond donors (Lipinski definition) is 1. The molecule has 0 bridgehead atoms. The van der Waals surface area contributed by atoms with E-state index < -0.39 is 16.0 Å². The average molecular weight is 326 g/mol. The fourth-order valence-corrected chi connectivity index (χ4v) is 2.95. The van der Waals surface area contributed by atoms with Crippen molar-refractivity contribution in [2.45, 2.75) is 6.42 Å². The van der Waals surface area contributed by atoms with Gasteiger partial charge < -0.3 is 4.74 Å². The third-order valence-corrected chi connectivity index (χ3v) is 4.06. The molecular weight excluding hydrogens is 313 g/mol. The van der Waals surface area contributed by atoms with Gasteiger partial charge in [-0.3, -0.25) is 4.72 Å². The number of benzene rings is 1. The first-order valence-corrected chi connectivity index (χ1v) is 7.90.